The molecule has 1 aliphatic heterocycles. The number of aromatic nitrogens is 2. The molecule has 2 aromatic carbocycles. The van der Waals surface area contributed by atoms with E-state index in [-0.39, 0.29) is 23.4 Å². The van der Waals surface area contributed by atoms with Crippen molar-refractivity contribution in [3.63, 3.8) is 0 Å². The first-order valence-corrected chi connectivity index (χ1v) is 12.2. The Bertz CT molecular complexity index is 1170. The molecular formula is C27H35N5O2. The number of aryl methyl sites for hydroxylation is 1. The number of benzene rings is 2. The summed E-state index contributed by atoms with van der Waals surface area (Å²) in [6, 6.07) is 18.2. The standard InChI is InChI=1S/C27H35N5O2/c1-4-22(19-30(2)18-20-10-6-5-7-11-20)28-26(33)21-14-16-32(17-15-21)25-27(34)31(3)24-13-9-8-12-23(24)29-25/h5-13,21-22H,4,14-19H2,1-3H3,(H,28,33). The molecule has 2 heterocycles. The van der Waals surface area contributed by atoms with Gasteiger partial charge in [-0.25, -0.2) is 4.98 Å². The number of hydrogen-bond donors (Lipinski definition) is 1. The summed E-state index contributed by atoms with van der Waals surface area (Å²) in [5, 5.41) is 3.27. The number of rotatable bonds is 8. The van der Waals surface area contributed by atoms with Crippen LogP contribution in [0.15, 0.2) is 59.4 Å². The Morgan fingerprint density at radius 2 is 1.79 bits per heavy atom. The van der Waals surface area contributed by atoms with Gasteiger partial charge in [0, 0.05) is 45.2 Å². The van der Waals surface area contributed by atoms with Crippen molar-refractivity contribution in [2.24, 2.45) is 13.0 Å². The molecule has 1 atom stereocenters. The van der Waals surface area contributed by atoms with Crippen molar-refractivity contribution in [2.75, 3.05) is 31.6 Å². The maximum atomic E-state index is 13.0. The van der Waals surface area contributed by atoms with Gasteiger partial charge in [-0.15, -0.1) is 0 Å². The lowest BCUT2D eigenvalue weighted by Gasteiger charge is -2.33. The number of carbonyl (C=O) groups is 1. The smallest absolute Gasteiger partial charge is 0.293 e. The van der Waals surface area contributed by atoms with Crippen molar-refractivity contribution in [1.29, 1.82) is 0 Å². The molecule has 7 heteroatoms. The fourth-order valence-corrected chi connectivity index (χ4v) is 4.75. The van der Waals surface area contributed by atoms with Gasteiger partial charge >= 0.3 is 0 Å². The molecule has 1 unspecified atom stereocenters. The Morgan fingerprint density at radius 1 is 1.12 bits per heavy atom. The maximum absolute atomic E-state index is 13.0. The summed E-state index contributed by atoms with van der Waals surface area (Å²) < 4.78 is 1.66. The molecule has 4 rings (SSSR count). The van der Waals surface area contributed by atoms with Crippen LogP contribution < -0.4 is 15.8 Å². The summed E-state index contributed by atoms with van der Waals surface area (Å²) >= 11 is 0. The van der Waals surface area contributed by atoms with E-state index in [1.165, 1.54) is 5.56 Å². The van der Waals surface area contributed by atoms with E-state index in [9.17, 15) is 9.59 Å². The van der Waals surface area contributed by atoms with Crippen LogP contribution in [0.3, 0.4) is 0 Å². The SMILES string of the molecule is CCC(CN(C)Cc1ccccc1)NC(=O)C1CCN(c2nc3ccccc3n(C)c2=O)CC1. The minimum Gasteiger partial charge on any atom is -0.352 e. The van der Waals surface area contributed by atoms with Crippen molar-refractivity contribution in [2.45, 2.75) is 38.8 Å². The molecule has 1 aromatic heterocycles. The second kappa shape index (κ2) is 10.8. The Labute approximate surface area is 201 Å². The summed E-state index contributed by atoms with van der Waals surface area (Å²) in [6.45, 7) is 5.10. The van der Waals surface area contributed by atoms with Crippen LogP contribution in [-0.2, 0) is 18.4 Å². The van der Waals surface area contributed by atoms with Gasteiger partial charge < -0.3 is 19.7 Å². The fraction of sp³-hybridized carbons (Fsp3) is 0.444. The van der Waals surface area contributed by atoms with E-state index >= 15 is 0 Å². The van der Waals surface area contributed by atoms with Gasteiger partial charge in [-0.3, -0.25) is 9.59 Å². The number of para-hydroxylation sites is 2. The highest BCUT2D eigenvalue weighted by molar-refractivity contribution is 5.79. The number of carbonyl (C=O) groups excluding carboxylic acids is 1. The van der Waals surface area contributed by atoms with Crippen molar-refractivity contribution < 1.29 is 4.79 Å². The fourth-order valence-electron chi connectivity index (χ4n) is 4.75. The van der Waals surface area contributed by atoms with Gasteiger partial charge in [-0.05, 0) is 44.0 Å². The van der Waals surface area contributed by atoms with E-state index in [0.29, 0.717) is 18.9 Å². The van der Waals surface area contributed by atoms with Crippen molar-refractivity contribution in [1.82, 2.24) is 19.8 Å². The van der Waals surface area contributed by atoms with Crippen LogP contribution in [0, 0.1) is 5.92 Å². The number of likely N-dealkylation sites (N-methyl/N-ethyl adjacent to an activating group) is 1. The Kier molecular flexibility index (Phi) is 7.63. The summed E-state index contributed by atoms with van der Waals surface area (Å²) in [6.07, 6.45) is 2.33. The van der Waals surface area contributed by atoms with Crippen LogP contribution in [0.25, 0.3) is 11.0 Å². The van der Waals surface area contributed by atoms with E-state index in [1.54, 1.807) is 11.6 Å². The maximum Gasteiger partial charge on any atom is 0.293 e. The lowest BCUT2D eigenvalue weighted by atomic mass is 9.95. The van der Waals surface area contributed by atoms with Crippen LogP contribution in [0.5, 0.6) is 0 Å². The quantitative estimate of drug-likeness (QED) is 0.558. The number of hydrogen-bond acceptors (Lipinski definition) is 5. The van der Waals surface area contributed by atoms with Gasteiger partial charge in [0.2, 0.25) is 5.91 Å². The minimum atomic E-state index is -0.0888. The molecule has 34 heavy (non-hydrogen) atoms. The van der Waals surface area contributed by atoms with Gasteiger partial charge in [-0.2, -0.15) is 0 Å². The van der Waals surface area contributed by atoms with Gasteiger partial charge in [0.25, 0.3) is 5.56 Å². The zero-order valence-corrected chi connectivity index (χ0v) is 20.4. The number of amides is 1. The lowest BCUT2D eigenvalue weighted by molar-refractivity contribution is -0.126. The first kappa shape index (κ1) is 24.0. The molecule has 0 aliphatic carbocycles. The minimum absolute atomic E-state index is 0.0333. The van der Waals surface area contributed by atoms with Crippen LogP contribution in [0.1, 0.15) is 31.7 Å². The summed E-state index contributed by atoms with van der Waals surface area (Å²) in [4.78, 5) is 34.8. The molecule has 1 N–H and O–H groups in total. The highest BCUT2D eigenvalue weighted by Gasteiger charge is 2.28. The molecule has 0 bridgehead atoms. The highest BCUT2D eigenvalue weighted by Crippen LogP contribution is 2.22. The number of piperidine rings is 1. The molecule has 7 nitrogen and oxygen atoms in total. The van der Waals surface area contributed by atoms with Crippen LogP contribution >= 0.6 is 0 Å². The summed E-state index contributed by atoms with van der Waals surface area (Å²) in [5.74, 6) is 0.571. The van der Waals surface area contributed by atoms with E-state index in [0.717, 1.165) is 43.4 Å². The predicted octanol–water partition coefficient (Wildman–Crippen LogP) is 3.18. The van der Waals surface area contributed by atoms with Gasteiger partial charge in [0.05, 0.1) is 11.0 Å². The molecule has 3 aromatic rings. The molecule has 1 aliphatic rings. The number of anilines is 1. The molecule has 180 valence electrons. The third-order valence-electron chi connectivity index (χ3n) is 6.80. The molecule has 0 spiro atoms. The van der Waals surface area contributed by atoms with Crippen molar-refractivity contribution in [3.8, 4) is 0 Å². The molecular weight excluding hydrogens is 426 g/mol. The molecule has 0 radical (unpaired) electrons. The largest absolute Gasteiger partial charge is 0.352 e. The summed E-state index contributed by atoms with van der Waals surface area (Å²) in [5.41, 5.74) is 2.82. The third-order valence-corrected chi connectivity index (χ3v) is 6.80. The Balaban J connectivity index is 1.33. The van der Waals surface area contributed by atoms with E-state index in [4.69, 9.17) is 0 Å². The predicted molar refractivity (Wildman–Crippen MR) is 137 cm³/mol. The van der Waals surface area contributed by atoms with Crippen molar-refractivity contribution in [3.05, 3.63) is 70.5 Å². The average Bonchev–Trinajstić information content (AvgIpc) is 2.86. The van der Waals surface area contributed by atoms with Crippen LogP contribution in [0.4, 0.5) is 5.82 Å². The van der Waals surface area contributed by atoms with E-state index in [2.05, 4.69) is 53.4 Å². The topological polar surface area (TPSA) is 70.5 Å². The van der Waals surface area contributed by atoms with E-state index in [1.807, 2.05) is 35.2 Å². The van der Waals surface area contributed by atoms with Crippen molar-refractivity contribution >= 4 is 22.8 Å². The number of fused-ring (bicyclic) bond motifs is 1. The highest BCUT2D eigenvalue weighted by atomic mass is 16.2. The molecule has 1 saturated heterocycles. The molecule has 0 saturated carbocycles. The second-order valence-electron chi connectivity index (χ2n) is 9.35. The average molecular weight is 462 g/mol. The first-order chi connectivity index (χ1) is 16.5. The van der Waals surface area contributed by atoms with Gasteiger partial charge in [-0.1, -0.05) is 49.4 Å². The monoisotopic (exact) mass is 461 g/mol. The molecule has 1 fully saturated rings. The Hall–Kier alpha value is -3.19. The normalized spacial score (nSPS) is 15.6. The number of nitrogens with one attached hydrogen (secondary N) is 1. The zero-order valence-electron chi connectivity index (χ0n) is 20.4. The van der Waals surface area contributed by atoms with E-state index < -0.39 is 0 Å². The Morgan fingerprint density at radius 3 is 2.50 bits per heavy atom. The van der Waals surface area contributed by atoms with Gasteiger partial charge in [0.15, 0.2) is 5.82 Å². The third kappa shape index (κ3) is 5.47. The first-order valence-electron chi connectivity index (χ1n) is 12.2. The zero-order chi connectivity index (χ0) is 24.1. The molecule has 1 amide bonds. The lowest BCUT2D eigenvalue weighted by Crippen LogP contribution is -2.47. The second-order valence-corrected chi connectivity index (χ2v) is 9.35. The van der Waals surface area contributed by atoms with Crippen LogP contribution in [-0.4, -0.2) is 53.1 Å². The van der Waals surface area contributed by atoms with Crippen LogP contribution in [0.2, 0.25) is 0 Å². The summed E-state index contributed by atoms with van der Waals surface area (Å²) in [7, 11) is 3.88. The van der Waals surface area contributed by atoms with Gasteiger partial charge in [0.1, 0.15) is 0 Å². The number of nitrogens with zero attached hydrogens (tertiary/aromatic N) is 4.